The minimum absolute atomic E-state index is 0.0914. The number of carbonyl (C=O) groups excluding carboxylic acids is 2. The standard InChI is InChI=1S/C15H15N3O3/c1-18(15(21)12-8-17-7-6-13(12)19)9-10-2-4-11(5-3-10)14(16)20/h2-8H,9H2,1H3,(H2,16,20)(H,17,19). The van der Waals surface area contributed by atoms with Crippen LogP contribution < -0.4 is 11.2 Å². The van der Waals surface area contributed by atoms with Crippen LogP contribution in [0.25, 0.3) is 0 Å². The summed E-state index contributed by atoms with van der Waals surface area (Å²) in [6.45, 7) is 0.326. The van der Waals surface area contributed by atoms with Gasteiger partial charge in [0.15, 0.2) is 5.43 Å². The van der Waals surface area contributed by atoms with Crippen LogP contribution in [0.1, 0.15) is 26.3 Å². The van der Waals surface area contributed by atoms with Gasteiger partial charge in [0, 0.05) is 37.6 Å². The lowest BCUT2D eigenvalue weighted by Gasteiger charge is -2.17. The van der Waals surface area contributed by atoms with Crippen molar-refractivity contribution in [1.29, 1.82) is 0 Å². The Morgan fingerprint density at radius 1 is 1.19 bits per heavy atom. The van der Waals surface area contributed by atoms with Crippen molar-refractivity contribution in [1.82, 2.24) is 9.88 Å². The van der Waals surface area contributed by atoms with Crippen molar-refractivity contribution in [3.8, 4) is 0 Å². The Kier molecular flexibility index (Phi) is 4.18. The van der Waals surface area contributed by atoms with Crippen LogP contribution >= 0.6 is 0 Å². The fourth-order valence-electron chi connectivity index (χ4n) is 1.91. The number of nitrogens with one attached hydrogen (secondary N) is 1. The van der Waals surface area contributed by atoms with Crippen molar-refractivity contribution in [3.63, 3.8) is 0 Å². The van der Waals surface area contributed by atoms with Crippen LogP contribution in [0.5, 0.6) is 0 Å². The normalized spacial score (nSPS) is 10.1. The predicted octanol–water partition coefficient (Wildman–Crippen LogP) is 0.746. The van der Waals surface area contributed by atoms with Gasteiger partial charge >= 0.3 is 0 Å². The maximum Gasteiger partial charge on any atom is 0.259 e. The summed E-state index contributed by atoms with van der Waals surface area (Å²) in [5.41, 5.74) is 6.18. The van der Waals surface area contributed by atoms with Crippen molar-refractivity contribution in [2.75, 3.05) is 7.05 Å². The van der Waals surface area contributed by atoms with Gasteiger partial charge in [-0.2, -0.15) is 0 Å². The van der Waals surface area contributed by atoms with Crippen LogP contribution in [0, 0.1) is 0 Å². The lowest BCUT2D eigenvalue weighted by Crippen LogP contribution is -2.30. The second-order valence-electron chi connectivity index (χ2n) is 4.64. The quantitative estimate of drug-likeness (QED) is 0.867. The van der Waals surface area contributed by atoms with Gasteiger partial charge in [-0.15, -0.1) is 0 Å². The Morgan fingerprint density at radius 3 is 2.43 bits per heavy atom. The number of benzene rings is 1. The zero-order valence-corrected chi connectivity index (χ0v) is 11.5. The summed E-state index contributed by atoms with van der Waals surface area (Å²) in [4.78, 5) is 38.9. The predicted molar refractivity (Wildman–Crippen MR) is 77.8 cm³/mol. The van der Waals surface area contributed by atoms with Crippen molar-refractivity contribution >= 4 is 11.8 Å². The number of nitrogens with two attached hydrogens (primary N) is 1. The monoisotopic (exact) mass is 285 g/mol. The molecule has 0 radical (unpaired) electrons. The molecule has 0 aliphatic carbocycles. The van der Waals surface area contributed by atoms with Crippen molar-refractivity contribution < 1.29 is 9.59 Å². The van der Waals surface area contributed by atoms with Gasteiger partial charge in [0.1, 0.15) is 5.56 Å². The number of H-pyrrole nitrogens is 1. The number of aromatic nitrogens is 1. The first-order valence-electron chi connectivity index (χ1n) is 6.30. The first-order chi connectivity index (χ1) is 9.99. The largest absolute Gasteiger partial charge is 0.367 e. The highest BCUT2D eigenvalue weighted by atomic mass is 16.2. The number of hydrogen-bond donors (Lipinski definition) is 2. The fourth-order valence-corrected chi connectivity index (χ4v) is 1.91. The highest BCUT2D eigenvalue weighted by Gasteiger charge is 2.15. The van der Waals surface area contributed by atoms with Gasteiger partial charge in [-0.1, -0.05) is 12.1 Å². The molecular weight excluding hydrogens is 270 g/mol. The van der Waals surface area contributed by atoms with Gasteiger partial charge in [-0.05, 0) is 17.7 Å². The third-order valence-corrected chi connectivity index (χ3v) is 3.06. The zero-order valence-electron chi connectivity index (χ0n) is 11.5. The molecule has 2 aromatic rings. The second kappa shape index (κ2) is 6.04. The Morgan fingerprint density at radius 2 is 1.86 bits per heavy atom. The molecule has 0 aliphatic rings. The van der Waals surface area contributed by atoms with Gasteiger partial charge in [-0.3, -0.25) is 14.4 Å². The molecule has 0 bridgehead atoms. The van der Waals surface area contributed by atoms with E-state index in [9.17, 15) is 14.4 Å². The number of aromatic amines is 1. The fraction of sp³-hybridized carbons (Fsp3) is 0.133. The van der Waals surface area contributed by atoms with E-state index in [0.29, 0.717) is 12.1 Å². The number of rotatable bonds is 4. The number of pyridine rings is 1. The number of amides is 2. The summed E-state index contributed by atoms with van der Waals surface area (Å²) in [5.74, 6) is -0.863. The van der Waals surface area contributed by atoms with E-state index in [0.717, 1.165) is 5.56 Å². The van der Waals surface area contributed by atoms with E-state index in [4.69, 9.17) is 5.73 Å². The molecule has 108 valence electrons. The first kappa shape index (κ1) is 14.5. The summed E-state index contributed by atoms with van der Waals surface area (Å²) in [6.07, 6.45) is 2.86. The number of hydrogen-bond acceptors (Lipinski definition) is 3. The summed E-state index contributed by atoms with van der Waals surface area (Å²) in [7, 11) is 1.61. The smallest absolute Gasteiger partial charge is 0.259 e. The minimum atomic E-state index is -0.498. The van der Waals surface area contributed by atoms with Gasteiger partial charge in [0.2, 0.25) is 5.91 Å². The zero-order chi connectivity index (χ0) is 15.4. The molecular formula is C15H15N3O3. The molecule has 21 heavy (non-hydrogen) atoms. The average molecular weight is 285 g/mol. The maximum absolute atomic E-state index is 12.2. The molecule has 6 heteroatoms. The number of nitrogens with zero attached hydrogens (tertiary/aromatic N) is 1. The summed E-state index contributed by atoms with van der Waals surface area (Å²) in [6, 6.07) is 7.96. The van der Waals surface area contributed by atoms with Crippen LogP contribution in [0.4, 0.5) is 0 Å². The molecule has 1 heterocycles. The SMILES string of the molecule is CN(Cc1ccc(C(N)=O)cc1)C(=O)c1c[nH]ccc1=O. The Labute approximate surface area is 121 Å². The summed E-state index contributed by atoms with van der Waals surface area (Å²) >= 11 is 0. The lowest BCUT2D eigenvalue weighted by atomic mass is 10.1. The van der Waals surface area contributed by atoms with Crippen LogP contribution in [0.15, 0.2) is 47.5 Å². The molecule has 1 aromatic carbocycles. The van der Waals surface area contributed by atoms with Gasteiger partial charge in [0.05, 0.1) is 0 Å². The third kappa shape index (κ3) is 3.36. The van der Waals surface area contributed by atoms with E-state index in [2.05, 4.69) is 4.98 Å². The average Bonchev–Trinajstić information content (AvgIpc) is 2.47. The van der Waals surface area contributed by atoms with E-state index in [-0.39, 0.29) is 16.9 Å². The summed E-state index contributed by atoms with van der Waals surface area (Å²) in [5, 5.41) is 0. The maximum atomic E-state index is 12.2. The molecule has 0 unspecified atom stereocenters. The van der Waals surface area contributed by atoms with Crippen LogP contribution in [-0.2, 0) is 6.54 Å². The molecule has 6 nitrogen and oxygen atoms in total. The van der Waals surface area contributed by atoms with Crippen molar-refractivity contribution in [2.45, 2.75) is 6.54 Å². The lowest BCUT2D eigenvalue weighted by molar-refractivity contribution is 0.0783. The molecule has 0 aliphatic heterocycles. The van der Waals surface area contributed by atoms with Gasteiger partial charge < -0.3 is 15.6 Å². The van der Waals surface area contributed by atoms with Crippen molar-refractivity contribution in [3.05, 3.63) is 69.6 Å². The van der Waals surface area contributed by atoms with E-state index in [1.54, 1.807) is 31.3 Å². The number of carbonyl (C=O) groups is 2. The number of primary amides is 1. The summed E-state index contributed by atoms with van der Waals surface area (Å²) < 4.78 is 0. The molecule has 1 aromatic heterocycles. The van der Waals surface area contributed by atoms with E-state index in [1.807, 2.05) is 0 Å². The first-order valence-corrected chi connectivity index (χ1v) is 6.30. The molecule has 2 amide bonds. The van der Waals surface area contributed by atoms with Crippen LogP contribution in [0.3, 0.4) is 0 Å². The molecule has 2 rings (SSSR count). The van der Waals surface area contributed by atoms with E-state index in [1.165, 1.54) is 23.4 Å². The minimum Gasteiger partial charge on any atom is -0.367 e. The van der Waals surface area contributed by atoms with Gasteiger partial charge in [-0.25, -0.2) is 0 Å². The third-order valence-electron chi connectivity index (χ3n) is 3.06. The molecule has 0 spiro atoms. The molecule has 0 fully saturated rings. The van der Waals surface area contributed by atoms with Crippen LogP contribution in [0.2, 0.25) is 0 Å². The Bertz CT molecular complexity index is 719. The van der Waals surface area contributed by atoms with Gasteiger partial charge in [0.25, 0.3) is 5.91 Å². The topological polar surface area (TPSA) is 96.3 Å². The highest BCUT2D eigenvalue weighted by molar-refractivity contribution is 5.94. The molecule has 0 saturated heterocycles. The molecule has 0 atom stereocenters. The second-order valence-corrected chi connectivity index (χ2v) is 4.64. The highest BCUT2D eigenvalue weighted by Crippen LogP contribution is 2.08. The molecule has 0 saturated carbocycles. The van der Waals surface area contributed by atoms with E-state index < -0.39 is 5.91 Å². The van der Waals surface area contributed by atoms with Crippen molar-refractivity contribution in [2.24, 2.45) is 5.73 Å². The van der Waals surface area contributed by atoms with Crippen LogP contribution in [-0.4, -0.2) is 28.7 Å². The Balaban J connectivity index is 2.12. The van der Waals surface area contributed by atoms with E-state index >= 15 is 0 Å². The Hall–Kier alpha value is -2.89. The molecule has 3 N–H and O–H groups in total.